The first-order valence-corrected chi connectivity index (χ1v) is 9.26. The Bertz CT molecular complexity index is 784. The summed E-state index contributed by atoms with van der Waals surface area (Å²) in [5.41, 5.74) is 3.31. The lowest BCUT2D eigenvalue weighted by Gasteiger charge is -2.28. The summed E-state index contributed by atoms with van der Waals surface area (Å²) in [7, 11) is 0. The number of carbonyl (C=O) groups is 1. The Labute approximate surface area is 153 Å². The van der Waals surface area contributed by atoms with Crippen LogP contribution in [-0.4, -0.2) is 35.5 Å². The van der Waals surface area contributed by atoms with Crippen LogP contribution in [0.15, 0.2) is 36.4 Å². The Kier molecular flexibility index (Phi) is 4.78. The molecule has 2 aliphatic rings. The van der Waals surface area contributed by atoms with E-state index in [0.29, 0.717) is 19.0 Å². The van der Waals surface area contributed by atoms with Gasteiger partial charge in [0, 0.05) is 25.6 Å². The van der Waals surface area contributed by atoms with Crippen molar-refractivity contribution in [3.8, 4) is 11.6 Å². The smallest absolute Gasteiger partial charge is 0.260 e. The zero-order valence-corrected chi connectivity index (χ0v) is 15.1. The maximum atomic E-state index is 12.5. The number of hydrogen-bond donors (Lipinski definition) is 0. The monoisotopic (exact) mass is 352 g/mol. The molecular weight excluding hydrogens is 328 g/mol. The molecule has 0 unspecified atom stereocenters. The van der Waals surface area contributed by atoms with Crippen molar-refractivity contribution in [2.24, 2.45) is 5.92 Å². The van der Waals surface area contributed by atoms with Gasteiger partial charge in [-0.15, -0.1) is 0 Å². The summed E-state index contributed by atoms with van der Waals surface area (Å²) in [6.07, 6.45) is 3.30. The predicted molar refractivity (Wildman–Crippen MR) is 98.3 cm³/mol. The quantitative estimate of drug-likeness (QED) is 0.801. The molecule has 5 heteroatoms. The number of amides is 1. The van der Waals surface area contributed by atoms with Crippen LogP contribution in [0.1, 0.15) is 29.7 Å². The molecule has 1 aliphatic heterocycles. The van der Waals surface area contributed by atoms with Crippen molar-refractivity contribution < 1.29 is 14.3 Å². The Morgan fingerprint density at radius 1 is 1.15 bits per heavy atom. The van der Waals surface area contributed by atoms with Crippen molar-refractivity contribution in [3.05, 3.63) is 53.2 Å². The van der Waals surface area contributed by atoms with Gasteiger partial charge in [0.15, 0.2) is 6.61 Å². The van der Waals surface area contributed by atoms with Crippen LogP contribution in [0.25, 0.3) is 0 Å². The second-order valence-electron chi connectivity index (χ2n) is 7.18. The molecule has 2 aromatic rings. The Morgan fingerprint density at radius 3 is 2.73 bits per heavy atom. The normalized spacial score (nSPS) is 16.1. The number of ether oxygens (including phenoxy) is 2. The van der Waals surface area contributed by atoms with E-state index in [4.69, 9.17) is 9.47 Å². The van der Waals surface area contributed by atoms with Crippen LogP contribution in [0.4, 0.5) is 0 Å². The third-order valence-corrected chi connectivity index (χ3v) is 4.92. The van der Waals surface area contributed by atoms with E-state index in [0.717, 1.165) is 36.0 Å². The van der Waals surface area contributed by atoms with Crippen LogP contribution >= 0.6 is 0 Å². The summed E-state index contributed by atoms with van der Waals surface area (Å²) in [5, 5.41) is 0. The molecule has 0 N–H and O–H groups in total. The molecule has 5 nitrogen and oxygen atoms in total. The lowest BCUT2D eigenvalue weighted by Crippen LogP contribution is -2.39. The number of hydrogen-bond acceptors (Lipinski definition) is 4. The van der Waals surface area contributed by atoms with Crippen molar-refractivity contribution in [2.45, 2.75) is 32.7 Å². The highest BCUT2D eigenvalue weighted by atomic mass is 16.5. The van der Waals surface area contributed by atoms with Gasteiger partial charge in [-0.3, -0.25) is 4.79 Å². The molecule has 0 atom stereocenters. The molecule has 0 bridgehead atoms. The second-order valence-corrected chi connectivity index (χ2v) is 7.18. The molecule has 2 heterocycles. The minimum atomic E-state index is 0.00489. The fraction of sp³-hybridized carbons (Fsp3) is 0.429. The number of benzene rings is 1. The zero-order valence-electron chi connectivity index (χ0n) is 15.1. The number of carbonyl (C=O) groups excluding carboxylic acids is 1. The number of rotatable bonds is 6. The molecule has 4 rings (SSSR count). The maximum absolute atomic E-state index is 12.5. The topological polar surface area (TPSA) is 51.7 Å². The van der Waals surface area contributed by atoms with Gasteiger partial charge in [-0.2, -0.15) is 0 Å². The van der Waals surface area contributed by atoms with Crippen LogP contribution in [0.5, 0.6) is 11.6 Å². The van der Waals surface area contributed by atoms with E-state index in [1.54, 1.807) is 0 Å². The van der Waals surface area contributed by atoms with Gasteiger partial charge in [-0.25, -0.2) is 4.98 Å². The summed E-state index contributed by atoms with van der Waals surface area (Å²) in [5.74, 6) is 2.15. The molecule has 0 saturated heterocycles. The van der Waals surface area contributed by atoms with Gasteiger partial charge in [0.05, 0.1) is 12.3 Å². The molecule has 0 radical (unpaired) electrons. The van der Waals surface area contributed by atoms with E-state index in [2.05, 4.69) is 4.98 Å². The average Bonchev–Trinajstić information content (AvgIpc) is 3.49. The lowest BCUT2D eigenvalue weighted by molar-refractivity contribution is -0.134. The van der Waals surface area contributed by atoms with E-state index in [-0.39, 0.29) is 12.5 Å². The van der Waals surface area contributed by atoms with Gasteiger partial charge in [-0.05, 0) is 43.4 Å². The number of pyridine rings is 1. The van der Waals surface area contributed by atoms with Crippen LogP contribution in [0, 0.1) is 12.8 Å². The highest BCUT2D eigenvalue weighted by molar-refractivity contribution is 5.78. The van der Waals surface area contributed by atoms with E-state index in [9.17, 15) is 4.79 Å². The van der Waals surface area contributed by atoms with Gasteiger partial charge in [0.2, 0.25) is 5.88 Å². The fourth-order valence-corrected chi connectivity index (χ4v) is 3.05. The molecule has 26 heavy (non-hydrogen) atoms. The first kappa shape index (κ1) is 16.9. The van der Waals surface area contributed by atoms with Crippen LogP contribution in [0.2, 0.25) is 0 Å². The Morgan fingerprint density at radius 2 is 1.96 bits per heavy atom. The van der Waals surface area contributed by atoms with Gasteiger partial charge in [0.1, 0.15) is 5.75 Å². The highest BCUT2D eigenvalue weighted by Gasteiger charge is 2.24. The van der Waals surface area contributed by atoms with E-state index in [1.165, 1.54) is 18.4 Å². The SMILES string of the molecule is Cc1ccc(OCC(=O)N2CCc3nc(OCC4CC4)ccc3C2)cc1. The first-order valence-electron chi connectivity index (χ1n) is 9.26. The summed E-state index contributed by atoms with van der Waals surface area (Å²) >= 11 is 0. The van der Waals surface area contributed by atoms with Crippen molar-refractivity contribution >= 4 is 5.91 Å². The van der Waals surface area contributed by atoms with Crippen LogP contribution in [0.3, 0.4) is 0 Å². The molecule has 1 fully saturated rings. The Hall–Kier alpha value is -2.56. The summed E-state index contributed by atoms with van der Waals surface area (Å²) in [6.45, 7) is 4.11. The van der Waals surface area contributed by atoms with Crippen molar-refractivity contribution in [1.29, 1.82) is 0 Å². The molecule has 1 amide bonds. The van der Waals surface area contributed by atoms with E-state index < -0.39 is 0 Å². The summed E-state index contributed by atoms with van der Waals surface area (Å²) in [4.78, 5) is 18.9. The third kappa shape index (κ3) is 4.15. The Balaban J connectivity index is 1.32. The third-order valence-electron chi connectivity index (χ3n) is 4.92. The molecule has 1 aromatic carbocycles. The molecule has 1 aliphatic carbocycles. The van der Waals surface area contributed by atoms with E-state index in [1.807, 2.05) is 48.2 Å². The highest BCUT2D eigenvalue weighted by Crippen LogP contribution is 2.29. The fourth-order valence-electron chi connectivity index (χ4n) is 3.05. The van der Waals surface area contributed by atoms with Crippen LogP contribution in [-0.2, 0) is 17.8 Å². The largest absolute Gasteiger partial charge is 0.484 e. The second kappa shape index (κ2) is 7.36. The summed E-state index contributed by atoms with van der Waals surface area (Å²) in [6, 6.07) is 11.7. The first-order chi connectivity index (χ1) is 12.7. The number of fused-ring (bicyclic) bond motifs is 1. The maximum Gasteiger partial charge on any atom is 0.260 e. The zero-order chi connectivity index (χ0) is 17.9. The van der Waals surface area contributed by atoms with Crippen molar-refractivity contribution in [2.75, 3.05) is 19.8 Å². The van der Waals surface area contributed by atoms with Crippen LogP contribution < -0.4 is 9.47 Å². The minimum absolute atomic E-state index is 0.00489. The van der Waals surface area contributed by atoms with Gasteiger partial charge in [0.25, 0.3) is 5.91 Å². The average molecular weight is 352 g/mol. The molecular formula is C21H24N2O3. The van der Waals surface area contributed by atoms with Crippen molar-refractivity contribution in [1.82, 2.24) is 9.88 Å². The number of aryl methyl sites for hydroxylation is 1. The number of aromatic nitrogens is 1. The van der Waals surface area contributed by atoms with Gasteiger partial charge >= 0.3 is 0 Å². The molecule has 0 spiro atoms. The molecule has 1 aromatic heterocycles. The number of nitrogens with zero attached hydrogens (tertiary/aromatic N) is 2. The minimum Gasteiger partial charge on any atom is -0.484 e. The predicted octanol–water partition coefficient (Wildman–Crippen LogP) is 3.14. The van der Waals surface area contributed by atoms with E-state index >= 15 is 0 Å². The standard InChI is InChI=1S/C21H24N2O3/c1-15-2-7-18(8-3-15)25-14-21(24)23-11-10-19-17(12-23)6-9-20(22-19)26-13-16-4-5-16/h2-3,6-9,16H,4-5,10-14H2,1H3. The lowest BCUT2D eigenvalue weighted by atomic mass is 10.1. The molecule has 1 saturated carbocycles. The van der Waals surface area contributed by atoms with Crippen molar-refractivity contribution in [3.63, 3.8) is 0 Å². The molecule has 136 valence electrons. The van der Waals surface area contributed by atoms with Gasteiger partial charge in [-0.1, -0.05) is 23.8 Å². The summed E-state index contributed by atoms with van der Waals surface area (Å²) < 4.78 is 11.4. The van der Waals surface area contributed by atoms with Gasteiger partial charge < -0.3 is 14.4 Å².